The third kappa shape index (κ3) is 1.64. The molecule has 0 radical (unpaired) electrons. The van der Waals surface area contributed by atoms with Gasteiger partial charge in [0.15, 0.2) is 0 Å². The number of hydrogen-bond donors (Lipinski definition) is 1. The fourth-order valence-corrected chi connectivity index (χ4v) is 2.97. The number of benzene rings is 1. The zero-order valence-corrected chi connectivity index (χ0v) is 10.8. The molecule has 0 fully saturated rings. The minimum atomic E-state index is -0.434. The smallest absolute Gasteiger partial charge is 0.133 e. The highest BCUT2D eigenvalue weighted by molar-refractivity contribution is 5.43. The Labute approximate surface area is 102 Å². The summed E-state index contributed by atoms with van der Waals surface area (Å²) >= 11 is 0. The van der Waals surface area contributed by atoms with Gasteiger partial charge in [0.1, 0.15) is 17.2 Å². The van der Waals surface area contributed by atoms with Crippen LogP contribution in [0.1, 0.15) is 39.3 Å². The fourth-order valence-electron chi connectivity index (χ4n) is 2.97. The van der Waals surface area contributed by atoms with E-state index in [0.717, 1.165) is 11.3 Å². The Morgan fingerprint density at radius 2 is 1.82 bits per heavy atom. The van der Waals surface area contributed by atoms with Crippen LogP contribution < -0.4 is 10.5 Å². The van der Waals surface area contributed by atoms with E-state index in [4.69, 9.17) is 10.5 Å². The molecular formula is C14H20FNO. The summed E-state index contributed by atoms with van der Waals surface area (Å²) in [6.45, 7) is 8.40. The molecule has 1 atom stereocenters. The second-order valence-corrected chi connectivity index (χ2v) is 5.42. The number of halogens is 1. The number of ether oxygens (including phenoxy) is 1. The minimum Gasteiger partial charge on any atom is -0.484 e. The molecule has 0 spiro atoms. The molecule has 0 aromatic heterocycles. The number of hydrogen-bond acceptors (Lipinski definition) is 2. The first-order valence-electron chi connectivity index (χ1n) is 6.13. The largest absolute Gasteiger partial charge is 0.484 e. The van der Waals surface area contributed by atoms with Crippen molar-refractivity contribution in [3.8, 4) is 5.75 Å². The van der Waals surface area contributed by atoms with E-state index in [0.29, 0.717) is 0 Å². The molecule has 0 saturated carbocycles. The Hall–Kier alpha value is -1.09. The molecule has 2 N–H and O–H groups in total. The molecule has 1 aliphatic rings. The van der Waals surface area contributed by atoms with Gasteiger partial charge >= 0.3 is 0 Å². The Kier molecular flexibility index (Phi) is 2.90. The van der Waals surface area contributed by atoms with Gasteiger partial charge in [0.25, 0.3) is 0 Å². The van der Waals surface area contributed by atoms with Crippen LogP contribution in [0.15, 0.2) is 18.2 Å². The predicted molar refractivity (Wildman–Crippen MR) is 66.4 cm³/mol. The van der Waals surface area contributed by atoms with Crippen molar-refractivity contribution in [2.75, 3.05) is 0 Å². The Morgan fingerprint density at radius 3 is 2.35 bits per heavy atom. The van der Waals surface area contributed by atoms with Crippen LogP contribution in [-0.4, -0.2) is 5.60 Å². The molecule has 0 saturated heterocycles. The van der Waals surface area contributed by atoms with Crippen molar-refractivity contribution >= 4 is 0 Å². The molecule has 1 heterocycles. The van der Waals surface area contributed by atoms with Crippen molar-refractivity contribution in [1.82, 2.24) is 0 Å². The molecule has 1 aromatic rings. The molecule has 0 unspecified atom stereocenters. The topological polar surface area (TPSA) is 35.2 Å². The van der Waals surface area contributed by atoms with Crippen LogP contribution in [0.2, 0.25) is 0 Å². The van der Waals surface area contributed by atoms with Gasteiger partial charge < -0.3 is 10.5 Å². The van der Waals surface area contributed by atoms with E-state index in [1.54, 1.807) is 6.07 Å². The molecular weight excluding hydrogens is 217 g/mol. The average Bonchev–Trinajstić information content (AvgIpc) is 2.53. The van der Waals surface area contributed by atoms with Crippen molar-refractivity contribution in [3.05, 3.63) is 29.6 Å². The molecule has 17 heavy (non-hydrogen) atoms. The highest BCUT2D eigenvalue weighted by Crippen LogP contribution is 2.49. The maximum absolute atomic E-state index is 13.3. The highest BCUT2D eigenvalue weighted by Gasteiger charge is 2.51. The van der Waals surface area contributed by atoms with E-state index in [1.807, 2.05) is 0 Å². The summed E-state index contributed by atoms with van der Waals surface area (Å²) in [6.07, 6.45) is 0. The predicted octanol–water partition coefficient (Wildman–Crippen LogP) is 3.27. The van der Waals surface area contributed by atoms with Gasteiger partial charge in [0.05, 0.1) is 6.04 Å². The van der Waals surface area contributed by atoms with Crippen LogP contribution >= 0.6 is 0 Å². The summed E-state index contributed by atoms with van der Waals surface area (Å²) in [5, 5.41) is 0. The lowest BCUT2D eigenvalue weighted by molar-refractivity contribution is -0.0220. The maximum Gasteiger partial charge on any atom is 0.133 e. The lowest BCUT2D eigenvalue weighted by Gasteiger charge is -2.40. The van der Waals surface area contributed by atoms with Gasteiger partial charge in [-0.1, -0.05) is 27.7 Å². The minimum absolute atomic E-state index is 0.258. The van der Waals surface area contributed by atoms with Crippen molar-refractivity contribution in [2.24, 2.45) is 17.6 Å². The van der Waals surface area contributed by atoms with Crippen LogP contribution in [0, 0.1) is 17.7 Å². The zero-order valence-electron chi connectivity index (χ0n) is 10.8. The molecule has 0 amide bonds. The van der Waals surface area contributed by atoms with Gasteiger partial charge in [0, 0.05) is 5.56 Å². The summed E-state index contributed by atoms with van der Waals surface area (Å²) in [5.41, 5.74) is 6.65. The molecule has 1 aliphatic heterocycles. The number of nitrogens with two attached hydrogens (primary N) is 1. The SMILES string of the molecule is CC(C)C1(C(C)C)Oc2ccc(F)cc2[C@H]1N. The van der Waals surface area contributed by atoms with Gasteiger partial charge in [0.2, 0.25) is 0 Å². The van der Waals surface area contributed by atoms with Gasteiger partial charge in [-0.15, -0.1) is 0 Å². The van der Waals surface area contributed by atoms with Crippen molar-refractivity contribution in [2.45, 2.75) is 39.3 Å². The van der Waals surface area contributed by atoms with Crippen LogP contribution in [0.3, 0.4) is 0 Å². The van der Waals surface area contributed by atoms with Crippen LogP contribution in [-0.2, 0) is 0 Å². The molecule has 2 rings (SSSR count). The lowest BCUT2D eigenvalue weighted by atomic mass is 9.74. The van der Waals surface area contributed by atoms with E-state index in [-0.39, 0.29) is 23.7 Å². The Morgan fingerprint density at radius 1 is 1.24 bits per heavy atom. The second kappa shape index (κ2) is 3.98. The third-order valence-electron chi connectivity index (χ3n) is 3.88. The maximum atomic E-state index is 13.3. The van der Waals surface area contributed by atoms with Gasteiger partial charge in [-0.2, -0.15) is 0 Å². The average molecular weight is 237 g/mol. The normalized spacial score (nSPS) is 21.8. The monoisotopic (exact) mass is 237 g/mol. The summed E-state index contributed by atoms with van der Waals surface area (Å²) < 4.78 is 19.4. The highest BCUT2D eigenvalue weighted by atomic mass is 19.1. The van der Waals surface area contributed by atoms with Gasteiger partial charge in [-0.3, -0.25) is 0 Å². The first-order chi connectivity index (χ1) is 7.89. The molecule has 0 aliphatic carbocycles. The number of rotatable bonds is 2. The summed E-state index contributed by atoms with van der Waals surface area (Å²) in [5.74, 6) is 1.01. The first-order valence-corrected chi connectivity index (χ1v) is 6.13. The lowest BCUT2D eigenvalue weighted by Crippen LogP contribution is -2.51. The van der Waals surface area contributed by atoms with E-state index < -0.39 is 5.60 Å². The second-order valence-electron chi connectivity index (χ2n) is 5.42. The zero-order chi connectivity index (χ0) is 12.8. The van der Waals surface area contributed by atoms with E-state index >= 15 is 0 Å². The van der Waals surface area contributed by atoms with Crippen molar-refractivity contribution < 1.29 is 9.13 Å². The summed E-state index contributed by atoms with van der Waals surface area (Å²) in [7, 11) is 0. The summed E-state index contributed by atoms with van der Waals surface area (Å²) in [4.78, 5) is 0. The third-order valence-corrected chi connectivity index (χ3v) is 3.88. The number of fused-ring (bicyclic) bond motifs is 1. The van der Waals surface area contributed by atoms with Gasteiger partial charge in [-0.25, -0.2) is 4.39 Å². The van der Waals surface area contributed by atoms with Crippen LogP contribution in [0.4, 0.5) is 4.39 Å². The van der Waals surface area contributed by atoms with Crippen LogP contribution in [0.25, 0.3) is 0 Å². The fraction of sp³-hybridized carbons (Fsp3) is 0.571. The van der Waals surface area contributed by atoms with Crippen molar-refractivity contribution in [1.29, 1.82) is 0 Å². The molecule has 94 valence electrons. The molecule has 2 nitrogen and oxygen atoms in total. The first kappa shape index (κ1) is 12.4. The Balaban J connectivity index is 2.51. The Bertz CT molecular complexity index is 420. The summed E-state index contributed by atoms with van der Waals surface area (Å²) in [6, 6.07) is 4.32. The molecule has 3 heteroatoms. The standard InChI is InChI=1S/C14H20FNO/c1-8(2)14(9(3)4)13(16)11-7-10(15)5-6-12(11)17-14/h5-9,13H,16H2,1-4H3/t13-/m1/s1. The van der Waals surface area contributed by atoms with Crippen LogP contribution in [0.5, 0.6) is 5.75 Å². The van der Waals surface area contributed by atoms with E-state index in [1.165, 1.54) is 12.1 Å². The molecule has 0 bridgehead atoms. The van der Waals surface area contributed by atoms with E-state index in [9.17, 15) is 4.39 Å². The van der Waals surface area contributed by atoms with E-state index in [2.05, 4.69) is 27.7 Å². The molecule has 1 aromatic carbocycles. The van der Waals surface area contributed by atoms with Gasteiger partial charge in [-0.05, 0) is 30.0 Å². The quantitative estimate of drug-likeness (QED) is 0.856. The van der Waals surface area contributed by atoms with Crippen molar-refractivity contribution in [3.63, 3.8) is 0 Å².